The predicted molar refractivity (Wildman–Crippen MR) is 107 cm³/mol. The van der Waals surface area contributed by atoms with Gasteiger partial charge in [-0.05, 0) is 35.7 Å². The Morgan fingerprint density at radius 2 is 2.18 bits per heavy atom. The first-order valence-electron chi connectivity index (χ1n) is 9.51. The van der Waals surface area contributed by atoms with Gasteiger partial charge in [0, 0.05) is 50.6 Å². The van der Waals surface area contributed by atoms with Gasteiger partial charge in [0.1, 0.15) is 5.69 Å². The molecule has 1 aliphatic rings. The highest BCUT2D eigenvalue weighted by atomic mass is 16.1. The second-order valence-corrected chi connectivity index (χ2v) is 7.10. The van der Waals surface area contributed by atoms with Gasteiger partial charge in [0.15, 0.2) is 0 Å². The Labute approximate surface area is 162 Å². The number of aromatic amines is 1. The topological polar surface area (TPSA) is 91.0 Å². The molecule has 28 heavy (non-hydrogen) atoms. The number of aryl methyl sites for hydroxylation is 1. The molecule has 144 valence electrons. The van der Waals surface area contributed by atoms with E-state index in [1.807, 2.05) is 31.3 Å². The zero-order valence-electron chi connectivity index (χ0n) is 16.1. The Morgan fingerprint density at radius 1 is 1.32 bits per heavy atom. The third-order valence-electron chi connectivity index (χ3n) is 5.20. The van der Waals surface area contributed by atoms with E-state index in [1.165, 1.54) is 0 Å². The maximum Gasteiger partial charge on any atom is 0.269 e. The van der Waals surface area contributed by atoms with Crippen molar-refractivity contribution in [3.63, 3.8) is 0 Å². The average molecular weight is 377 g/mol. The molecule has 0 bridgehead atoms. The number of hydrogen-bond acceptors (Lipinski definition) is 5. The largest absolute Gasteiger partial charge is 0.354 e. The molecule has 0 saturated heterocycles. The lowest BCUT2D eigenvalue weighted by Crippen LogP contribution is -2.31. The normalized spacial score (nSPS) is 14.1. The van der Waals surface area contributed by atoms with Gasteiger partial charge in [0.2, 0.25) is 0 Å². The van der Waals surface area contributed by atoms with E-state index in [4.69, 9.17) is 0 Å². The molecule has 0 aromatic carbocycles. The average Bonchev–Trinajstić information content (AvgIpc) is 2.72. The molecule has 4 rings (SSSR count). The van der Waals surface area contributed by atoms with Gasteiger partial charge in [0.25, 0.3) is 11.5 Å². The van der Waals surface area contributed by atoms with Crippen LogP contribution in [0, 0.1) is 0 Å². The molecule has 4 heterocycles. The summed E-state index contributed by atoms with van der Waals surface area (Å²) in [5, 5.41) is 2.61. The second kappa shape index (κ2) is 7.52. The number of H-pyrrole nitrogens is 1. The number of aromatic nitrogens is 3. The third-order valence-corrected chi connectivity index (χ3v) is 5.20. The summed E-state index contributed by atoms with van der Waals surface area (Å²) in [7, 11) is 1.61. The van der Waals surface area contributed by atoms with Crippen LogP contribution in [0.4, 0.5) is 0 Å². The van der Waals surface area contributed by atoms with E-state index in [0.29, 0.717) is 12.1 Å². The fourth-order valence-electron chi connectivity index (χ4n) is 3.64. The summed E-state index contributed by atoms with van der Waals surface area (Å²) in [6, 6.07) is 7.63. The summed E-state index contributed by atoms with van der Waals surface area (Å²) in [4.78, 5) is 38.1. The van der Waals surface area contributed by atoms with Crippen molar-refractivity contribution in [3.05, 3.63) is 68.9 Å². The smallest absolute Gasteiger partial charge is 0.269 e. The maximum atomic E-state index is 12.1. The Kier molecular flexibility index (Phi) is 4.92. The molecular weight excluding hydrogens is 354 g/mol. The van der Waals surface area contributed by atoms with Crippen molar-refractivity contribution in [3.8, 4) is 0 Å². The van der Waals surface area contributed by atoms with Crippen molar-refractivity contribution in [1.82, 2.24) is 25.2 Å². The highest BCUT2D eigenvalue weighted by molar-refractivity contribution is 5.92. The van der Waals surface area contributed by atoms with Crippen LogP contribution in [0.3, 0.4) is 0 Å². The second-order valence-electron chi connectivity index (χ2n) is 7.10. The minimum absolute atomic E-state index is 0.0427. The molecule has 3 aromatic heterocycles. The minimum atomic E-state index is -0.160. The van der Waals surface area contributed by atoms with Gasteiger partial charge in [-0.2, -0.15) is 0 Å². The van der Waals surface area contributed by atoms with Crippen LogP contribution in [0.1, 0.15) is 39.8 Å². The first-order valence-corrected chi connectivity index (χ1v) is 9.51. The molecule has 0 fully saturated rings. The van der Waals surface area contributed by atoms with Crippen LogP contribution >= 0.6 is 0 Å². The summed E-state index contributed by atoms with van der Waals surface area (Å²) in [6.07, 6.45) is 3.37. The summed E-state index contributed by atoms with van der Waals surface area (Å²) >= 11 is 0. The fraction of sp³-hybridized carbons (Fsp3) is 0.333. The number of nitrogens with zero attached hydrogens (tertiary/aromatic N) is 3. The number of carbonyl (C=O) groups is 1. The maximum absolute atomic E-state index is 12.1. The molecule has 3 aromatic rings. The van der Waals surface area contributed by atoms with Crippen LogP contribution in [0.5, 0.6) is 0 Å². The van der Waals surface area contributed by atoms with Crippen LogP contribution in [-0.4, -0.2) is 39.4 Å². The zero-order chi connectivity index (χ0) is 19.7. The van der Waals surface area contributed by atoms with E-state index < -0.39 is 0 Å². The number of rotatable bonds is 4. The monoisotopic (exact) mass is 377 g/mol. The zero-order valence-corrected chi connectivity index (χ0v) is 16.1. The first-order chi connectivity index (χ1) is 13.6. The van der Waals surface area contributed by atoms with Gasteiger partial charge in [-0.1, -0.05) is 13.0 Å². The molecule has 0 saturated carbocycles. The van der Waals surface area contributed by atoms with Gasteiger partial charge < -0.3 is 10.3 Å². The highest BCUT2D eigenvalue weighted by Crippen LogP contribution is 2.20. The molecular formula is C21H23N5O2. The van der Waals surface area contributed by atoms with Crippen LogP contribution < -0.4 is 10.9 Å². The Morgan fingerprint density at radius 3 is 2.96 bits per heavy atom. The summed E-state index contributed by atoms with van der Waals surface area (Å²) in [5.74, 6) is -0.160. The molecule has 0 radical (unpaired) electrons. The Bertz CT molecular complexity index is 1110. The van der Waals surface area contributed by atoms with Crippen LogP contribution in [0.15, 0.2) is 35.3 Å². The van der Waals surface area contributed by atoms with Crippen molar-refractivity contribution in [2.24, 2.45) is 0 Å². The van der Waals surface area contributed by atoms with E-state index in [9.17, 15) is 9.59 Å². The summed E-state index contributed by atoms with van der Waals surface area (Å²) in [5.41, 5.74) is 5.96. The number of fused-ring (bicyclic) bond motifs is 2. The highest BCUT2D eigenvalue weighted by Gasteiger charge is 2.19. The number of carbonyl (C=O) groups excluding carboxylic acids is 1. The van der Waals surface area contributed by atoms with Crippen LogP contribution in [-0.2, 0) is 25.9 Å². The molecule has 2 N–H and O–H groups in total. The van der Waals surface area contributed by atoms with E-state index in [0.717, 1.165) is 59.5 Å². The minimum Gasteiger partial charge on any atom is -0.354 e. The molecule has 0 aliphatic carbocycles. The predicted octanol–water partition coefficient (Wildman–Crippen LogP) is 1.80. The van der Waals surface area contributed by atoms with Crippen molar-refractivity contribution in [2.45, 2.75) is 32.9 Å². The van der Waals surface area contributed by atoms with Crippen molar-refractivity contribution in [2.75, 3.05) is 13.6 Å². The SMILES string of the molecule is CCc1cc2ncc(CN3CCc4nc(C(=O)NC)ccc4C3)cc2[nH]c1=O. The summed E-state index contributed by atoms with van der Waals surface area (Å²) in [6.45, 7) is 4.35. The third kappa shape index (κ3) is 3.53. The van der Waals surface area contributed by atoms with E-state index in [2.05, 4.69) is 25.2 Å². The van der Waals surface area contributed by atoms with E-state index in [-0.39, 0.29) is 11.5 Å². The van der Waals surface area contributed by atoms with E-state index >= 15 is 0 Å². The molecule has 7 heteroatoms. The lowest BCUT2D eigenvalue weighted by atomic mass is 10.0. The molecule has 7 nitrogen and oxygen atoms in total. The van der Waals surface area contributed by atoms with E-state index in [1.54, 1.807) is 13.1 Å². The lowest BCUT2D eigenvalue weighted by Gasteiger charge is -2.28. The number of amides is 1. The van der Waals surface area contributed by atoms with Crippen molar-refractivity contribution < 1.29 is 4.79 Å². The first kappa shape index (κ1) is 18.3. The Balaban J connectivity index is 1.52. The molecule has 0 spiro atoms. The summed E-state index contributed by atoms with van der Waals surface area (Å²) < 4.78 is 0. The van der Waals surface area contributed by atoms with Crippen molar-refractivity contribution >= 4 is 16.9 Å². The van der Waals surface area contributed by atoms with Gasteiger partial charge >= 0.3 is 0 Å². The van der Waals surface area contributed by atoms with Crippen LogP contribution in [0.25, 0.3) is 11.0 Å². The standard InChI is InChI=1S/C21H23N5O2/c1-3-14-9-18-19(25-20(14)27)8-13(10-23-18)11-26-7-6-16-15(12-26)4-5-17(24-16)21(28)22-2/h4-5,8-10H,3,6-7,11-12H2,1-2H3,(H,22,28)(H,25,27). The molecule has 1 amide bonds. The van der Waals surface area contributed by atoms with Gasteiger partial charge in [0.05, 0.1) is 11.0 Å². The van der Waals surface area contributed by atoms with Gasteiger partial charge in [-0.3, -0.25) is 19.5 Å². The van der Waals surface area contributed by atoms with Crippen LogP contribution in [0.2, 0.25) is 0 Å². The fourth-order valence-corrected chi connectivity index (χ4v) is 3.64. The molecule has 0 unspecified atom stereocenters. The molecule has 0 atom stereocenters. The van der Waals surface area contributed by atoms with Gasteiger partial charge in [-0.15, -0.1) is 0 Å². The number of nitrogens with one attached hydrogen (secondary N) is 2. The number of pyridine rings is 3. The van der Waals surface area contributed by atoms with Crippen molar-refractivity contribution in [1.29, 1.82) is 0 Å². The molecule has 1 aliphatic heterocycles. The lowest BCUT2D eigenvalue weighted by molar-refractivity contribution is 0.0957. The van der Waals surface area contributed by atoms with Gasteiger partial charge in [-0.25, -0.2) is 4.98 Å². The quantitative estimate of drug-likeness (QED) is 0.723. The number of hydrogen-bond donors (Lipinski definition) is 2. The Hall–Kier alpha value is -3.06.